The van der Waals surface area contributed by atoms with Crippen molar-refractivity contribution >= 4 is 18.0 Å². The fourth-order valence-electron chi connectivity index (χ4n) is 2.62. The second kappa shape index (κ2) is 12.2. The topological polar surface area (TPSA) is 112 Å². The summed E-state index contributed by atoms with van der Waals surface area (Å²) in [5.41, 5.74) is 1.57. The fraction of sp³-hybridized carbons (Fsp3) is 0.304. The lowest BCUT2D eigenvalue weighted by atomic mass is 10.1. The molecule has 0 amide bonds. The molecule has 0 heterocycles. The molecule has 0 saturated carbocycles. The number of rotatable bonds is 11. The molecule has 1 atom stereocenters. The van der Waals surface area contributed by atoms with Gasteiger partial charge in [0.25, 0.3) is 0 Å². The van der Waals surface area contributed by atoms with E-state index in [9.17, 15) is 19.8 Å². The van der Waals surface area contributed by atoms with Crippen LogP contribution in [0.2, 0.25) is 0 Å². The lowest BCUT2D eigenvalue weighted by molar-refractivity contribution is -0.159. The van der Waals surface area contributed by atoms with E-state index in [-0.39, 0.29) is 18.8 Å². The Hall–Kier alpha value is -3.52. The second-order valence-corrected chi connectivity index (χ2v) is 6.54. The standard InChI is InChI=1S/C23H26O8/c1-28-20-10-5-17(13-21(20)29-2)7-11-22(26)30-15-19(14-24)31-23(27)12-6-16-3-8-18(25)9-4-16/h3-5,7-11,13,19,24-25H,6,12,14-15H2,1-2H3. The molecule has 0 spiro atoms. The highest BCUT2D eigenvalue weighted by molar-refractivity contribution is 5.87. The van der Waals surface area contributed by atoms with Crippen molar-refractivity contribution in [3.63, 3.8) is 0 Å². The van der Waals surface area contributed by atoms with Crippen molar-refractivity contribution in [2.24, 2.45) is 0 Å². The number of aryl methyl sites for hydroxylation is 1. The van der Waals surface area contributed by atoms with Crippen LogP contribution >= 0.6 is 0 Å². The third-order valence-corrected chi connectivity index (χ3v) is 4.29. The maximum Gasteiger partial charge on any atom is 0.330 e. The van der Waals surface area contributed by atoms with Crippen molar-refractivity contribution in [3.05, 3.63) is 59.7 Å². The van der Waals surface area contributed by atoms with Crippen LogP contribution in [0.5, 0.6) is 17.2 Å². The molecule has 0 fully saturated rings. The number of phenols is 1. The number of hydrogen-bond donors (Lipinski definition) is 2. The van der Waals surface area contributed by atoms with Crippen LogP contribution in [0.1, 0.15) is 17.5 Å². The summed E-state index contributed by atoms with van der Waals surface area (Å²) < 4.78 is 20.6. The Morgan fingerprint density at radius 3 is 2.39 bits per heavy atom. The molecule has 0 saturated heterocycles. The predicted molar refractivity (Wildman–Crippen MR) is 113 cm³/mol. The molecule has 166 valence electrons. The molecule has 2 rings (SSSR count). The Bertz CT molecular complexity index is 889. The normalized spacial score (nSPS) is 11.7. The highest BCUT2D eigenvalue weighted by atomic mass is 16.6. The van der Waals surface area contributed by atoms with Gasteiger partial charge in [-0.1, -0.05) is 18.2 Å². The number of methoxy groups -OCH3 is 2. The number of carbonyl (C=O) groups is 2. The van der Waals surface area contributed by atoms with Crippen molar-refractivity contribution in [1.82, 2.24) is 0 Å². The molecule has 31 heavy (non-hydrogen) atoms. The van der Waals surface area contributed by atoms with E-state index in [1.807, 2.05) is 0 Å². The van der Waals surface area contributed by atoms with Crippen LogP contribution in [0.4, 0.5) is 0 Å². The van der Waals surface area contributed by atoms with Crippen LogP contribution in [0.25, 0.3) is 6.08 Å². The molecule has 2 N–H and O–H groups in total. The number of aliphatic hydroxyl groups excluding tert-OH is 1. The smallest absolute Gasteiger partial charge is 0.330 e. The van der Waals surface area contributed by atoms with Gasteiger partial charge in [-0.15, -0.1) is 0 Å². The molecule has 1 unspecified atom stereocenters. The summed E-state index contributed by atoms with van der Waals surface area (Å²) >= 11 is 0. The molecule has 0 aliphatic rings. The number of ether oxygens (including phenoxy) is 4. The number of aliphatic hydroxyl groups is 1. The highest BCUT2D eigenvalue weighted by Crippen LogP contribution is 2.27. The van der Waals surface area contributed by atoms with Crippen molar-refractivity contribution in [2.75, 3.05) is 27.4 Å². The molecule has 0 aliphatic carbocycles. The summed E-state index contributed by atoms with van der Waals surface area (Å²) in [6.07, 6.45) is 2.33. The summed E-state index contributed by atoms with van der Waals surface area (Å²) in [6, 6.07) is 11.6. The number of aromatic hydroxyl groups is 1. The molecule has 2 aromatic carbocycles. The van der Waals surface area contributed by atoms with Gasteiger partial charge in [-0.05, 0) is 47.9 Å². The molecule has 8 nitrogen and oxygen atoms in total. The van der Waals surface area contributed by atoms with Gasteiger partial charge in [0.05, 0.1) is 20.8 Å². The van der Waals surface area contributed by atoms with Crippen LogP contribution in [0.15, 0.2) is 48.5 Å². The van der Waals surface area contributed by atoms with Gasteiger partial charge in [0, 0.05) is 12.5 Å². The van der Waals surface area contributed by atoms with Gasteiger partial charge in [0.15, 0.2) is 17.6 Å². The zero-order chi connectivity index (χ0) is 22.6. The molecule has 0 bridgehead atoms. The second-order valence-electron chi connectivity index (χ2n) is 6.54. The lowest BCUT2D eigenvalue weighted by Gasteiger charge is -2.15. The number of carbonyl (C=O) groups excluding carboxylic acids is 2. The quantitative estimate of drug-likeness (QED) is 0.413. The van der Waals surface area contributed by atoms with Crippen molar-refractivity contribution in [3.8, 4) is 17.2 Å². The van der Waals surface area contributed by atoms with Crippen molar-refractivity contribution in [1.29, 1.82) is 0 Å². The summed E-state index contributed by atoms with van der Waals surface area (Å²) in [4.78, 5) is 23.9. The van der Waals surface area contributed by atoms with Gasteiger partial charge in [0.2, 0.25) is 0 Å². The minimum Gasteiger partial charge on any atom is -0.508 e. The third kappa shape index (κ3) is 8.02. The van der Waals surface area contributed by atoms with Crippen LogP contribution in [0.3, 0.4) is 0 Å². The van der Waals surface area contributed by atoms with Gasteiger partial charge < -0.3 is 29.2 Å². The fourth-order valence-corrected chi connectivity index (χ4v) is 2.62. The average molecular weight is 430 g/mol. The number of esters is 2. The third-order valence-electron chi connectivity index (χ3n) is 4.29. The van der Waals surface area contributed by atoms with E-state index in [1.54, 1.807) is 36.4 Å². The number of benzene rings is 2. The minimum atomic E-state index is -0.953. The molecule has 0 aromatic heterocycles. The molecule has 0 radical (unpaired) electrons. The SMILES string of the molecule is COc1ccc(C=CC(=O)OCC(CO)OC(=O)CCc2ccc(O)cc2)cc1OC. The summed E-state index contributed by atoms with van der Waals surface area (Å²) in [5.74, 6) is 0.0731. The van der Waals surface area contributed by atoms with E-state index in [4.69, 9.17) is 18.9 Å². The van der Waals surface area contributed by atoms with Gasteiger partial charge in [0.1, 0.15) is 12.4 Å². The zero-order valence-electron chi connectivity index (χ0n) is 17.4. The monoisotopic (exact) mass is 430 g/mol. The summed E-state index contributed by atoms with van der Waals surface area (Å²) in [7, 11) is 3.04. The van der Waals surface area contributed by atoms with E-state index in [1.165, 1.54) is 32.4 Å². The van der Waals surface area contributed by atoms with E-state index in [2.05, 4.69) is 0 Å². The summed E-state index contributed by atoms with van der Waals surface area (Å²) in [6.45, 7) is -0.742. The first kappa shape index (κ1) is 23.8. The van der Waals surface area contributed by atoms with E-state index < -0.39 is 24.6 Å². The molecule has 0 aliphatic heterocycles. The van der Waals surface area contributed by atoms with Gasteiger partial charge >= 0.3 is 11.9 Å². The minimum absolute atomic E-state index is 0.0917. The first-order chi connectivity index (χ1) is 14.9. The summed E-state index contributed by atoms with van der Waals surface area (Å²) in [5, 5.41) is 18.6. The first-order valence-electron chi connectivity index (χ1n) is 9.60. The Kier molecular flexibility index (Phi) is 9.38. The Morgan fingerprint density at radius 1 is 1.03 bits per heavy atom. The first-order valence-corrected chi connectivity index (χ1v) is 9.60. The van der Waals surface area contributed by atoms with E-state index >= 15 is 0 Å². The number of hydrogen-bond acceptors (Lipinski definition) is 8. The molecule has 2 aromatic rings. The molecule has 8 heteroatoms. The van der Waals surface area contributed by atoms with Gasteiger partial charge in [-0.3, -0.25) is 4.79 Å². The maximum atomic E-state index is 12.0. The Balaban J connectivity index is 1.79. The van der Waals surface area contributed by atoms with Crippen molar-refractivity contribution in [2.45, 2.75) is 18.9 Å². The van der Waals surface area contributed by atoms with E-state index in [0.29, 0.717) is 23.5 Å². The Morgan fingerprint density at radius 2 is 1.74 bits per heavy atom. The highest BCUT2D eigenvalue weighted by Gasteiger charge is 2.15. The zero-order valence-corrected chi connectivity index (χ0v) is 17.4. The van der Waals surface area contributed by atoms with Crippen LogP contribution < -0.4 is 9.47 Å². The predicted octanol–water partition coefficient (Wildman–Crippen LogP) is 2.50. The van der Waals surface area contributed by atoms with Gasteiger partial charge in [-0.2, -0.15) is 0 Å². The van der Waals surface area contributed by atoms with Gasteiger partial charge in [-0.25, -0.2) is 4.79 Å². The van der Waals surface area contributed by atoms with Crippen molar-refractivity contribution < 1.29 is 38.7 Å². The van der Waals surface area contributed by atoms with Crippen LogP contribution in [-0.4, -0.2) is 55.7 Å². The van der Waals surface area contributed by atoms with Crippen LogP contribution in [0, 0.1) is 0 Å². The molecular formula is C23H26O8. The van der Waals surface area contributed by atoms with Crippen LogP contribution in [-0.2, 0) is 25.5 Å². The largest absolute Gasteiger partial charge is 0.508 e. The lowest BCUT2D eigenvalue weighted by Crippen LogP contribution is -2.28. The average Bonchev–Trinajstić information content (AvgIpc) is 2.79. The Labute approximate surface area is 180 Å². The van der Waals surface area contributed by atoms with E-state index in [0.717, 1.165) is 5.56 Å². The maximum absolute atomic E-state index is 12.0. The molecular weight excluding hydrogens is 404 g/mol. The number of phenolic OH excluding ortho intramolecular Hbond substituents is 1.